The van der Waals surface area contributed by atoms with E-state index in [4.69, 9.17) is 5.11 Å². The number of hydrogen-bond donors (Lipinski definition) is 1. The van der Waals surface area contributed by atoms with E-state index in [2.05, 4.69) is 4.74 Å². The first-order valence-electron chi connectivity index (χ1n) is 5.23. The number of rotatable bonds is 3. The smallest absolute Gasteiger partial charge is 0.416 e. The Hall–Kier alpha value is -2.44. The number of carbonyl (C=O) groups excluding carboxylic acids is 1. The van der Waals surface area contributed by atoms with Crippen molar-refractivity contribution in [2.75, 3.05) is 0 Å². The minimum atomic E-state index is -3.06. The summed E-state index contributed by atoms with van der Waals surface area (Å²) in [6.07, 6.45) is 0.391. The molecule has 0 unspecified atom stereocenters. The van der Waals surface area contributed by atoms with Gasteiger partial charge in [0.25, 0.3) is 0 Å². The molecular formula is C12H9F2NO4. The average Bonchev–Trinajstić information content (AvgIpc) is 2.73. The molecule has 0 aliphatic heterocycles. The van der Waals surface area contributed by atoms with Gasteiger partial charge in [-0.25, -0.2) is 4.79 Å². The third-order valence-electron chi connectivity index (χ3n) is 2.70. The highest BCUT2D eigenvalue weighted by Gasteiger charge is 2.18. The van der Waals surface area contributed by atoms with Gasteiger partial charge in [-0.1, -0.05) is 0 Å². The lowest BCUT2D eigenvalue weighted by Crippen LogP contribution is -2.08. The van der Waals surface area contributed by atoms with E-state index in [0.29, 0.717) is 11.8 Å². The summed E-state index contributed by atoms with van der Waals surface area (Å²) >= 11 is 0. The van der Waals surface area contributed by atoms with Crippen molar-refractivity contribution in [2.45, 2.75) is 13.5 Å². The number of carboxylic acid groups (broad SMARTS) is 1. The SMILES string of the molecule is Cc1cc(OC(F)F)c(C=O)c2ccn(C(=O)O)c12. The second kappa shape index (κ2) is 4.68. The Kier molecular flexibility index (Phi) is 3.20. The number of alkyl halides is 2. The molecule has 0 spiro atoms. The van der Waals surface area contributed by atoms with Gasteiger partial charge >= 0.3 is 12.7 Å². The standard InChI is InChI=1S/C12H9F2NO4/c1-6-4-9(19-11(13)14)8(5-16)7-2-3-15(10(6)7)12(17)18/h2-5,11H,1H3,(H,17,18). The van der Waals surface area contributed by atoms with Crippen LogP contribution >= 0.6 is 0 Å². The van der Waals surface area contributed by atoms with Crippen LogP contribution in [-0.2, 0) is 0 Å². The largest absolute Gasteiger partial charge is 0.464 e. The Morgan fingerprint density at radius 3 is 2.74 bits per heavy atom. The van der Waals surface area contributed by atoms with Gasteiger partial charge in [-0.05, 0) is 24.6 Å². The summed E-state index contributed by atoms with van der Waals surface area (Å²) in [5, 5.41) is 9.26. The van der Waals surface area contributed by atoms with Crippen LogP contribution < -0.4 is 4.74 Å². The first kappa shape index (κ1) is 13.0. The van der Waals surface area contributed by atoms with E-state index in [1.165, 1.54) is 18.3 Å². The predicted molar refractivity (Wildman–Crippen MR) is 62.1 cm³/mol. The number of hydrogen-bond acceptors (Lipinski definition) is 3. The van der Waals surface area contributed by atoms with Crippen LogP contribution in [0.4, 0.5) is 13.6 Å². The van der Waals surface area contributed by atoms with E-state index in [0.717, 1.165) is 4.57 Å². The maximum Gasteiger partial charge on any atom is 0.416 e. The Morgan fingerprint density at radius 1 is 1.53 bits per heavy atom. The molecule has 0 fully saturated rings. The van der Waals surface area contributed by atoms with Crippen LogP contribution in [0.2, 0.25) is 0 Å². The summed E-state index contributed by atoms with van der Waals surface area (Å²) in [6, 6.07) is 2.59. The third-order valence-corrected chi connectivity index (χ3v) is 2.70. The van der Waals surface area contributed by atoms with Gasteiger partial charge in [-0.2, -0.15) is 8.78 Å². The number of fused-ring (bicyclic) bond motifs is 1. The van der Waals surface area contributed by atoms with E-state index in [1.807, 2.05) is 0 Å². The highest BCUT2D eigenvalue weighted by atomic mass is 19.3. The second-order valence-corrected chi connectivity index (χ2v) is 3.83. The molecule has 19 heavy (non-hydrogen) atoms. The zero-order chi connectivity index (χ0) is 14.2. The fourth-order valence-electron chi connectivity index (χ4n) is 2.00. The van der Waals surface area contributed by atoms with Gasteiger partial charge in [0, 0.05) is 11.6 Å². The van der Waals surface area contributed by atoms with Gasteiger partial charge in [0.05, 0.1) is 11.1 Å². The molecule has 2 aromatic rings. The topological polar surface area (TPSA) is 68.5 Å². The van der Waals surface area contributed by atoms with Gasteiger partial charge in [-0.15, -0.1) is 0 Å². The highest BCUT2D eigenvalue weighted by molar-refractivity contribution is 6.03. The fourth-order valence-corrected chi connectivity index (χ4v) is 2.00. The zero-order valence-electron chi connectivity index (χ0n) is 9.76. The van der Waals surface area contributed by atoms with Crippen LogP contribution in [0.15, 0.2) is 18.3 Å². The number of carbonyl (C=O) groups is 2. The molecule has 5 nitrogen and oxygen atoms in total. The molecule has 0 atom stereocenters. The summed E-state index contributed by atoms with van der Waals surface area (Å²) in [6.45, 7) is -1.51. The van der Waals surface area contributed by atoms with E-state index in [9.17, 15) is 18.4 Å². The highest BCUT2D eigenvalue weighted by Crippen LogP contribution is 2.31. The van der Waals surface area contributed by atoms with Gasteiger partial charge in [0.15, 0.2) is 6.29 Å². The van der Waals surface area contributed by atoms with E-state index in [-0.39, 0.29) is 22.2 Å². The van der Waals surface area contributed by atoms with Gasteiger partial charge in [0.2, 0.25) is 0 Å². The summed E-state index contributed by atoms with van der Waals surface area (Å²) in [4.78, 5) is 22.0. The van der Waals surface area contributed by atoms with Crippen LogP contribution in [0.3, 0.4) is 0 Å². The molecule has 1 aromatic heterocycles. The molecule has 100 valence electrons. The van der Waals surface area contributed by atoms with Crippen molar-refractivity contribution in [1.29, 1.82) is 0 Å². The fraction of sp³-hybridized carbons (Fsp3) is 0.167. The van der Waals surface area contributed by atoms with Crippen LogP contribution in [0.5, 0.6) is 5.75 Å². The number of ether oxygens (including phenoxy) is 1. The van der Waals surface area contributed by atoms with Crippen molar-refractivity contribution >= 4 is 23.3 Å². The summed E-state index contributed by atoms with van der Waals surface area (Å²) in [5.41, 5.74) is 0.598. The maximum atomic E-state index is 12.3. The number of halogens is 2. The van der Waals surface area contributed by atoms with Crippen LogP contribution in [0.1, 0.15) is 15.9 Å². The van der Waals surface area contributed by atoms with Crippen molar-refractivity contribution in [3.8, 4) is 5.75 Å². The molecule has 1 heterocycles. The minimum Gasteiger partial charge on any atom is -0.464 e. The molecule has 1 aromatic carbocycles. The van der Waals surface area contributed by atoms with Crippen molar-refractivity contribution in [3.05, 3.63) is 29.5 Å². The Labute approximate surface area is 106 Å². The van der Waals surface area contributed by atoms with Crippen molar-refractivity contribution < 1.29 is 28.2 Å². The van der Waals surface area contributed by atoms with Crippen molar-refractivity contribution in [1.82, 2.24) is 4.57 Å². The van der Waals surface area contributed by atoms with Gasteiger partial charge < -0.3 is 9.84 Å². The van der Waals surface area contributed by atoms with Crippen LogP contribution in [-0.4, -0.2) is 28.7 Å². The maximum absolute atomic E-state index is 12.3. The Balaban J connectivity index is 2.77. The van der Waals surface area contributed by atoms with Crippen molar-refractivity contribution in [3.63, 3.8) is 0 Å². The normalized spacial score (nSPS) is 10.9. The van der Waals surface area contributed by atoms with Gasteiger partial charge in [0.1, 0.15) is 5.75 Å². The first-order valence-corrected chi connectivity index (χ1v) is 5.23. The van der Waals surface area contributed by atoms with Gasteiger partial charge in [-0.3, -0.25) is 9.36 Å². The molecule has 0 aliphatic rings. The zero-order valence-corrected chi connectivity index (χ0v) is 9.76. The summed E-state index contributed by atoms with van der Waals surface area (Å²) < 4.78 is 29.7. The summed E-state index contributed by atoms with van der Waals surface area (Å²) in [7, 11) is 0. The number of aldehydes is 1. The molecule has 0 saturated carbocycles. The lowest BCUT2D eigenvalue weighted by molar-refractivity contribution is -0.0499. The average molecular weight is 269 g/mol. The molecule has 0 saturated heterocycles. The molecule has 0 aliphatic carbocycles. The molecule has 0 radical (unpaired) electrons. The molecule has 1 N–H and O–H groups in total. The van der Waals surface area contributed by atoms with E-state index < -0.39 is 12.7 Å². The predicted octanol–water partition coefficient (Wildman–Crippen LogP) is 2.89. The van der Waals surface area contributed by atoms with E-state index in [1.54, 1.807) is 6.92 Å². The second-order valence-electron chi connectivity index (χ2n) is 3.83. The lowest BCUT2D eigenvalue weighted by atomic mass is 10.1. The molecule has 7 heteroatoms. The minimum absolute atomic E-state index is 0.0964. The number of aromatic nitrogens is 1. The summed E-state index contributed by atoms with van der Waals surface area (Å²) in [5.74, 6) is -0.266. The molecule has 2 rings (SSSR count). The number of benzene rings is 1. The monoisotopic (exact) mass is 269 g/mol. The Bertz CT molecular complexity index is 663. The Morgan fingerprint density at radius 2 is 2.21 bits per heavy atom. The quantitative estimate of drug-likeness (QED) is 0.870. The number of nitrogens with zero attached hydrogens (tertiary/aromatic N) is 1. The van der Waals surface area contributed by atoms with Crippen LogP contribution in [0, 0.1) is 6.92 Å². The molecule has 0 amide bonds. The van der Waals surface area contributed by atoms with Crippen LogP contribution in [0.25, 0.3) is 10.9 Å². The van der Waals surface area contributed by atoms with Crippen molar-refractivity contribution in [2.24, 2.45) is 0 Å². The van der Waals surface area contributed by atoms with E-state index >= 15 is 0 Å². The molecule has 0 bridgehead atoms. The third kappa shape index (κ3) is 2.14. The lowest BCUT2D eigenvalue weighted by Gasteiger charge is -2.10. The molecular weight excluding hydrogens is 260 g/mol. The first-order chi connectivity index (χ1) is 8.95. The number of aryl methyl sites for hydroxylation is 1.